The number of ether oxygens (including phenoxy) is 2. The van der Waals surface area contributed by atoms with Gasteiger partial charge in [0.1, 0.15) is 12.4 Å². The number of guanidine groups is 1. The molecule has 0 radical (unpaired) electrons. The smallest absolute Gasteiger partial charge is 0.191 e. The third-order valence-electron chi connectivity index (χ3n) is 5.91. The van der Waals surface area contributed by atoms with Crippen molar-refractivity contribution in [3.8, 4) is 5.75 Å². The van der Waals surface area contributed by atoms with Crippen molar-refractivity contribution in [1.82, 2.24) is 15.6 Å². The molecule has 6 nitrogen and oxygen atoms in total. The Labute approximate surface area is 186 Å². The van der Waals surface area contributed by atoms with Crippen LogP contribution in [0.5, 0.6) is 5.75 Å². The average molecular weight is 425 g/mol. The molecule has 0 atom stereocenters. The highest BCUT2D eigenvalue weighted by atomic mass is 16.5. The van der Waals surface area contributed by atoms with Crippen molar-refractivity contribution in [2.45, 2.75) is 52.2 Å². The summed E-state index contributed by atoms with van der Waals surface area (Å²) in [5, 5.41) is 6.97. The lowest BCUT2D eigenvalue weighted by atomic mass is 9.83. The van der Waals surface area contributed by atoms with Crippen molar-refractivity contribution >= 4 is 5.96 Å². The number of aromatic nitrogens is 1. The van der Waals surface area contributed by atoms with E-state index in [2.05, 4.69) is 28.6 Å². The van der Waals surface area contributed by atoms with Gasteiger partial charge in [0.05, 0.1) is 12.2 Å². The van der Waals surface area contributed by atoms with Gasteiger partial charge < -0.3 is 20.1 Å². The van der Waals surface area contributed by atoms with Crippen LogP contribution in [0.3, 0.4) is 0 Å². The van der Waals surface area contributed by atoms with Crippen molar-refractivity contribution in [2.24, 2.45) is 10.4 Å². The fourth-order valence-corrected chi connectivity index (χ4v) is 4.12. The zero-order chi connectivity index (χ0) is 21.8. The van der Waals surface area contributed by atoms with Gasteiger partial charge in [0.2, 0.25) is 0 Å². The number of hydrogen-bond acceptors (Lipinski definition) is 4. The molecule has 0 unspecified atom stereocenters. The maximum absolute atomic E-state index is 5.90. The predicted octanol–water partition coefficient (Wildman–Crippen LogP) is 4.31. The van der Waals surface area contributed by atoms with Crippen LogP contribution >= 0.6 is 0 Å². The fraction of sp³-hybridized carbons (Fsp3) is 0.520. The van der Waals surface area contributed by atoms with Gasteiger partial charge in [0.15, 0.2) is 5.96 Å². The fourth-order valence-electron chi connectivity index (χ4n) is 4.12. The second-order valence-electron chi connectivity index (χ2n) is 8.26. The van der Waals surface area contributed by atoms with E-state index in [1.165, 1.54) is 25.7 Å². The SMILES string of the molecule is CCNC(=NCc1cccc(OCc2ccccn2)c1)NCC1(CCOC)CCCC1. The maximum atomic E-state index is 5.90. The van der Waals surface area contributed by atoms with Crippen LogP contribution in [0, 0.1) is 5.41 Å². The average Bonchev–Trinajstić information content (AvgIpc) is 3.28. The number of hydrogen-bond donors (Lipinski definition) is 2. The van der Waals surface area contributed by atoms with Crippen LogP contribution in [0.1, 0.15) is 50.3 Å². The largest absolute Gasteiger partial charge is 0.487 e. The minimum absolute atomic E-state index is 0.325. The van der Waals surface area contributed by atoms with E-state index in [9.17, 15) is 0 Å². The first kappa shape index (κ1) is 23.1. The zero-order valence-electron chi connectivity index (χ0n) is 18.9. The summed E-state index contributed by atoms with van der Waals surface area (Å²) in [6.45, 7) is 5.75. The van der Waals surface area contributed by atoms with Gasteiger partial charge in [-0.2, -0.15) is 0 Å². The number of aliphatic imine (C=N–C) groups is 1. The highest BCUT2D eigenvalue weighted by molar-refractivity contribution is 5.79. The van der Waals surface area contributed by atoms with E-state index in [1.54, 1.807) is 13.3 Å². The monoisotopic (exact) mass is 424 g/mol. The van der Waals surface area contributed by atoms with Crippen LogP contribution in [0.25, 0.3) is 0 Å². The summed E-state index contributed by atoms with van der Waals surface area (Å²) in [6, 6.07) is 14.0. The summed E-state index contributed by atoms with van der Waals surface area (Å²) < 4.78 is 11.3. The molecule has 1 aromatic heterocycles. The lowest BCUT2D eigenvalue weighted by molar-refractivity contribution is 0.138. The number of nitrogens with zero attached hydrogens (tertiary/aromatic N) is 2. The number of benzene rings is 1. The molecule has 1 heterocycles. The summed E-state index contributed by atoms with van der Waals surface area (Å²) in [5.74, 6) is 1.70. The predicted molar refractivity (Wildman–Crippen MR) is 125 cm³/mol. The maximum Gasteiger partial charge on any atom is 0.191 e. The van der Waals surface area contributed by atoms with Crippen molar-refractivity contribution in [1.29, 1.82) is 0 Å². The second kappa shape index (κ2) is 12.3. The van der Waals surface area contributed by atoms with Crippen molar-refractivity contribution in [2.75, 3.05) is 26.8 Å². The first-order valence-corrected chi connectivity index (χ1v) is 11.4. The summed E-state index contributed by atoms with van der Waals surface area (Å²) in [4.78, 5) is 9.11. The Morgan fingerprint density at radius 1 is 1.13 bits per heavy atom. The second-order valence-corrected chi connectivity index (χ2v) is 8.26. The zero-order valence-corrected chi connectivity index (χ0v) is 18.9. The van der Waals surface area contributed by atoms with E-state index in [0.717, 1.165) is 49.1 Å². The van der Waals surface area contributed by atoms with Crippen LogP contribution in [0.15, 0.2) is 53.7 Å². The highest BCUT2D eigenvalue weighted by Crippen LogP contribution is 2.40. The Morgan fingerprint density at radius 3 is 2.74 bits per heavy atom. The Balaban J connectivity index is 1.57. The molecule has 0 bridgehead atoms. The Morgan fingerprint density at radius 2 is 2.00 bits per heavy atom. The molecule has 6 heteroatoms. The topological polar surface area (TPSA) is 67.8 Å². The molecule has 1 fully saturated rings. The van der Waals surface area contributed by atoms with Gasteiger partial charge in [-0.3, -0.25) is 4.98 Å². The molecule has 1 aliphatic rings. The Kier molecular flexibility index (Phi) is 9.16. The molecule has 1 aliphatic carbocycles. The van der Waals surface area contributed by atoms with Gasteiger partial charge in [-0.25, -0.2) is 4.99 Å². The molecule has 0 saturated heterocycles. The van der Waals surface area contributed by atoms with Crippen LogP contribution in [-0.2, 0) is 17.9 Å². The molecule has 1 aromatic carbocycles. The summed E-state index contributed by atoms with van der Waals surface area (Å²) in [7, 11) is 1.79. The first-order chi connectivity index (χ1) is 15.2. The summed E-state index contributed by atoms with van der Waals surface area (Å²) >= 11 is 0. The summed E-state index contributed by atoms with van der Waals surface area (Å²) in [5.41, 5.74) is 2.36. The van der Waals surface area contributed by atoms with E-state index in [-0.39, 0.29) is 0 Å². The van der Waals surface area contributed by atoms with Crippen LogP contribution in [0.2, 0.25) is 0 Å². The van der Waals surface area contributed by atoms with Crippen molar-refractivity contribution < 1.29 is 9.47 Å². The first-order valence-electron chi connectivity index (χ1n) is 11.4. The molecule has 0 aliphatic heterocycles. The van der Waals surface area contributed by atoms with Crippen LogP contribution < -0.4 is 15.4 Å². The van der Waals surface area contributed by atoms with E-state index in [1.807, 2.05) is 36.4 Å². The highest BCUT2D eigenvalue weighted by Gasteiger charge is 2.33. The Bertz CT molecular complexity index is 804. The number of methoxy groups -OCH3 is 1. The molecule has 0 spiro atoms. The summed E-state index contributed by atoms with van der Waals surface area (Å²) in [6.07, 6.45) is 8.03. The number of rotatable bonds is 11. The van der Waals surface area contributed by atoms with Crippen molar-refractivity contribution in [3.63, 3.8) is 0 Å². The minimum Gasteiger partial charge on any atom is -0.487 e. The van der Waals surface area contributed by atoms with Crippen molar-refractivity contribution in [3.05, 3.63) is 59.9 Å². The molecular formula is C25H36N4O2. The molecular weight excluding hydrogens is 388 g/mol. The molecule has 2 aromatic rings. The molecule has 0 amide bonds. The molecule has 1 saturated carbocycles. The normalized spacial score (nSPS) is 15.6. The van der Waals surface area contributed by atoms with E-state index in [0.29, 0.717) is 18.6 Å². The van der Waals surface area contributed by atoms with Gasteiger partial charge in [-0.05, 0) is 61.4 Å². The molecule has 31 heavy (non-hydrogen) atoms. The quantitative estimate of drug-likeness (QED) is 0.416. The molecule has 3 rings (SSSR count). The number of pyridine rings is 1. The standard InChI is InChI=1S/C25H36N4O2/c1-3-26-24(29-20-25(14-16-30-2)12-5-6-13-25)28-18-21-9-8-11-23(17-21)31-19-22-10-4-7-15-27-22/h4,7-11,15,17H,3,5-6,12-14,16,18-20H2,1-2H3,(H2,26,28,29). The number of nitrogens with one attached hydrogen (secondary N) is 2. The molecule has 168 valence electrons. The minimum atomic E-state index is 0.325. The lowest BCUT2D eigenvalue weighted by Gasteiger charge is -2.30. The van der Waals surface area contributed by atoms with E-state index >= 15 is 0 Å². The van der Waals surface area contributed by atoms with Gasteiger partial charge >= 0.3 is 0 Å². The van der Waals surface area contributed by atoms with Gasteiger partial charge in [-0.15, -0.1) is 0 Å². The van der Waals surface area contributed by atoms with Gasteiger partial charge in [-0.1, -0.05) is 31.0 Å². The van der Waals surface area contributed by atoms with Crippen LogP contribution in [-0.4, -0.2) is 37.7 Å². The third kappa shape index (κ3) is 7.55. The lowest BCUT2D eigenvalue weighted by Crippen LogP contribution is -2.43. The van der Waals surface area contributed by atoms with Crippen LogP contribution in [0.4, 0.5) is 0 Å². The third-order valence-corrected chi connectivity index (χ3v) is 5.91. The van der Waals surface area contributed by atoms with Gasteiger partial charge in [0, 0.05) is 33.0 Å². The molecule has 2 N–H and O–H groups in total. The van der Waals surface area contributed by atoms with Gasteiger partial charge in [0.25, 0.3) is 0 Å². The van der Waals surface area contributed by atoms with E-state index in [4.69, 9.17) is 14.5 Å². The Hall–Kier alpha value is -2.60. The van der Waals surface area contributed by atoms with E-state index < -0.39 is 0 Å².